The first-order chi connectivity index (χ1) is 18.7. The molecule has 1 saturated carbocycles. The first kappa shape index (κ1) is 23.0. The van der Waals surface area contributed by atoms with Crippen LogP contribution in [-0.2, 0) is 0 Å². The van der Waals surface area contributed by atoms with Crippen LogP contribution in [0.25, 0.3) is 44.8 Å². The molecule has 0 radical (unpaired) electrons. The summed E-state index contributed by atoms with van der Waals surface area (Å²) >= 11 is 0. The van der Waals surface area contributed by atoms with Gasteiger partial charge >= 0.3 is 0 Å². The second-order valence-electron chi connectivity index (χ2n) is 10.2. The number of halogens is 1. The van der Waals surface area contributed by atoms with E-state index in [1.54, 1.807) is 30.9 Å². The predicted molar refractivity (Wildman–Crippen MR) is 143 cm³/mol. The van der Waals surface area contributed by atoms with Crippen molar-refractivity contribution in [2.45, 2.75) is 44.8 Å². The molecule has 4 N–H and O–H groups in total. The second kappa shape index (κ2) is 9.32. The summed E-state index contributed by atoms with van der Waals surface area (Å²) in [4.78, 5) is 23.5. The smallest absolute Gasteiger partial charge is 0.161 e. The minimum atomic E-state index is -0.655. The number of anilines is 2. The number of nitrogens with zero attached hydrogens (tertiary/aromatic N) is 6. The summed E-state index contributed by atoms with van der Waals surface area (Å²) < 4.78 is 16.1. The van der Waals surface area contributed by atoms with E-state index in [4.69, 9.17) is 4.98 Å². The van der Waals surface area contributed by atoms with Crippen LogP contribution in [0.1, 0.15) is 38.5 Å². The summed E-state index contributed by atoms with van der Waals surface area (Å²) in [6.07, 6.45) is 12.5. The van der Waals surface area contributed by atoms with Crippen molar-refractivity contribution in [3.05, 3.63) is 42.7 Å². The van der Waals surface area contributed by atoms with E-state index in [0.717, 1.165) is 56.4 Å². The van der Waals surface area contributed by atoms with Crippen molar-refractivity contribution < 1.29 is 9.50 Å². The van der Waals surface area contributed by atoms with Crippen LogP contribution in [0.2, 0.25) is 0 Å². The van der Waals surface area contributed by atoms with Gasteiger partial charge in [0.2, 0.25) is 0 Å². The second-order valence-corrected chi connectivity index (χ2v) is 10.2. The van der Waals surface area contributed by atoms with Crippen LogP contribution in [0, 0.1) is 11.7 Å². The van der Waals surface area contributed by atoms with E-state index in [1.807, 2.05) is 6.07 Å². The van der Waals surface area contributed by atoms with E-state index < -0.39 is 12.0 Å². The minimum Gasteiger partial charge on any atom is -0.374 e. The molecule has 2 aliphatic rings. The first-order valence-corrected chi connectivity index (χ1v) is 13.2. The lowest BCUT2D eigenvalue weighted by Crippen LogP contribution is -2.33. The highest BCUT2D eigenvalue weighted by atomic mass is 19.1. The van der Waals surface area contributed by atoms with Crippen molar-refractivity contribution in [1.29, 1.82) is 0 Å². The molecule has 5 aromatic heterocycles. The van der Waals surface area contributed by atoms with E-state index in [1.165, 1.54) is 6.42 Å². The van der Waals surface area contributed by atoms with Crippen molar-refractivity contribution in [2.75, 3.05) is 23.3 Å². The number of imidazole rings is 1. The molecule has 0 bridgehead atoms. The number of aliphatic hydroxyl groups excluding tert-OH is 1. The maximum atomic E-state index is 16.1. The molecule has 5 aromatic rings. The third-order valence-corrected chi connectivity index (χ3v) is 7.75. The van der Waals surface area contributed by atoms with Gasteiger partial charge < -0.3 is 20.3 Å². The predicted octanol–water partition coefficient (Wildman–Crippen LogP) is 4.62. The van der Waals surface area contributed by atoms with Crippen LogP contribution >= 0.6 is 0 Å². The maximum absolute atomic E-state index is 16.1. The molecule has 0 aromatic carbocycles. The third-order valence-electron chi connectivity index (χ3n) is 7.75. The zero-order valence-corrected chi connectivity index (χ0v) is 20.8. The largest absolute Gasteiger partial charge is 0.374 e. The lowest BCUT2D eigenvalue weighted by Gasteiger charge is -2.31. The summed E-state index contributed by atoms with van der Waals surface area (Å²) in [6, 6.07) is 3.74. The van der Waals surface area contributed by atoms with Crippen LogP contribution < -0.4 is 10.2 Å². The molecule has 6 heterocycles. The van der Waals surface area contributed by atoms with Gasteiger partial charge in [-0.05, 0) is 44.2 Å². The Labute approximate surface area is 217 Å². The van der Waals surface area contributed by atoms with Gasteiger partial charge in [0.1, 0.15) is 23.1 Å². The van der Waals surface area contributed by atoms with E-state index in [0.29, 0.717) is 39.3 Å². The zero-order chi connectivity index (χ0) is 25.6. The number of H-pyrrole nitrogens is 2. The summed E-state index contributed by atoms with van der Waals surface area (Å²) in [5.74, 6) is 0.151. The average Bonchev–Trinajstić information content (AvgIpc) is 3.53. The molecule has 1 unspecified atom stereocenters. The quantitative estimate of drug-likeness (QED) is 0.242. The average molecular weight is 514 g/mol. The van der Waals surface area contributed by atoms with Crippen molar-refractivity contribution in [3.8, 4) is 22.8 Å². The lowest BCUT2D eigenvalue weighted by molar-refractivity contribution is 0.0851. The van der Waals surface area contributed by atoms with E-state index in [-0.39, 0.29) is 11.6 Å². The fourth-order valence-corrected chi connectivity index (χ4v) is 5.44. The number of rotatable bonds is 6. The van der Waals surface area contributed by atoms with Gasteiger partial charge in [0.15, 0.2) is 17.3 Å². The molecule has 7 rings (SSSR count). The molecule has 0 spiro atoms. The van der Waals surface area contributed by atoms with Crippen LogP contribution in [0.4, 0.5) is 15.8 Å². The van der Waals surface area contributed by atoms with Gasteiger partial charge in [0.25, 0.3) is 0 Å². The SMILES string of the molecule is OC(Nc1cncc(-c2ncc3[nH]nc(-c4nc5c(N6CCCCC6)ccnc5[nH]4)c3c2F)c1)C1CCC1. The highest BCUT2D eigenvalue weighted by molar-refractivity contribution is 5.96. The highest BCUT2D eigenvalue weighted by Crippen LogP contribution is 2.35. The van der Waals surface area contributed by atoms with Gasteiger partial charge in [-0.15, -0.1) is 0 Å². The third kappa shape index (κ3) is 3.94. The summed E-state index contributed by atoms with van der Waals surface area (Å²) in [7, 11) is 0. The molecule has 1 saturated heterocycles. The topological polar surface area (TPSA) is 132 Å². The van der Waals surface area contributed by atoms with Crippen molar-refractivity contribution in [2.24, 2.45) is 5.92 Å². The molecule has 38 heavy (non-hydrogen) atoms. The molecule has 10 nitrogen and oxygen atoms in total. The van der Waals surface area contributed by atoms with Crippen molar-refractivity contribution in [1.82, 2.24) is 35.1 Å². The Kier molecular flexibility index (Phi) is 5.65. The van der Waals surface area contributed by atoms with E-state index >= 15 is 4.39 Å². The van der Waals surface area contributed by atoms with Gasteiger partial charge in [-0.2, -0.15) is 5.10 Å². The Morgan fingerprint density at radius 3 is 2.74 bits per heavy atom. The normalized spacial score (nSPS) is 17.2. The molecule has 0 amide bonds. The molecular formula is C27H28FN9O. The fourth-order valence-electron chi connectivity index (χ4n) is 5.44. The molecule has 1 aliphatic carbocycles. The fraction of sp³-hybridized carbons (Fsp3) is 0.370. The minimum absolute atomic E-state index is 0.151. The molecule has 11 heteroatoms. The maximum Gasteiger partial charge on any atom is 0.161 e. The monoisotopic (exact) mass is 513 g/mol. The van der Waals surface area contributed by atoms with Crippen LogP contribution in [0.15, 0.2) is 36.9 Å². The number of nitrogens with one attached hydrogen (secondary N) is 3. The number of aliphatic hydroxyl groups is 1. The van der Waals surface area contributed by atoms with Crippen LogP contribution in [-0.4, -0.2) is 59.5 Å². The number of hydrogen-bond acceptors (Lipinski definition) is 8. The first-order valence-electron chi connectivity index (χ1n) is 13.2. The number of hydrogen-bond donors (Lipinski definition) is 4. The molecule has 194 valence electrons. The van der Waals surface area contributed by atoms with E-state index in [2.05, 4.69) is 40.3 Å². The summed E-state index contributed by atoms with van der Waals surface area (Å²) in [5, 5.41) is 21.1. The zero-order valence-electron chi connectivity index (χ0n) is 20.8. The highest BCUT2D eigenvalue weighted by Gasteiger charge is 2.26. The lowest BCUT2D eigenvalue weighted by atomic mass is 9.84. The Balaban J connectivity index is 1.27. The number of fused-ring (bicyclic) bond motifs is 2. The Morgan fingerprint density at radius 1 is 1.05 bits per heavy atom. The van der Waals surface area contributed by atoms with Gasteiger partial charge in [-0.1, -0.05) is 6.42 Å². The van der Waals surface area contributed by atoms with Crippen LogP contribution in [0.5, 0.6) is 0 Å². The summed E-state index contributed by atoms with van der Waals surface area (Å²) in [5.41, 5.74) is 4.52. The Morgan fingerprint density at radius 2 is 1.92 bits per heavy atom. The van der Waals surface area contributed by atoms with Gasteiger partial charge in [0, 0.05) is 37.0 Å². The van der Waals surface area contributed by atoms with Crippen LogP contribution in [0.3, 0.4) is 0 Å². The van der Waals surface area contributed by atoms with Gasteiger partial charge in [0.05, 0.1) is 34.7 Å². The molecule has 1 aliphatic heterocycles. The van der Waals surface area contributed by atoms with E-state index in [9.17, 15) is 5.11 Å². The standard InChI is InChI=1S/C27H28FN9O/c28-21-20-18(14-31-22(21)16-11-17(13-29-12-16)32-27(38)15-5-4-6-15)35-36-24(20)26-33-23-19(7-8-30-25(23)34-26)37-9-2-1-3-10-37/h7-8,11-15,27,32,38H,1-6,9-10H2,(H,35,36)(H,30,33,34). The Bertz CT molecular complexity index is 1620. The van der Waals surface area contributed by atoms with Gasteiger partial charge in [-0.25, -0.2) is 14.4 Å². The molecule has 2 fully saturated rings. The van der Waals surface area contributed by atoms with Gasteiger partial charge in [-0.3, -0.25) is 15.1 Å². The molecule has 1 atom stereocenters. The number of pyridine rings is 3. The number of aromatic nitrogens is 7. The summed E-state index contributed by atoms with van der Waals surface area (Å²) in [6.45, 7) is 1.96. The number of piperidine rings is 1. The van der Waals surface area contributed by atoms with Crippen molar-refractivity contribution in [3.63, 3.8) is 0 Å². The van der Waals surface area contributed by atoms with Crippen molar-refractivity contribution >= 4 is 33.4 Å². The number of aromatic amines is 2. The molecular weight excluding hydrogens is 485 g/mol. The Hall–Kier alpha value is -4.12.